The summed E-state index contributed by atoms with van der Waals surface area (Å²) in [7, 11) is 0. The van der Waals surface area contributed by atoms with Crippen molar-refractivity contribution in [3.63, 3.8) is 0 Å². The third-order valence-corrected chi connectivity index (χ3v) is 5.81. The Morgan fingerprint density at radius 2 is 1.67 bits per heavy atom. The van der Waals surface area contributed by atoms with Crippen LogP contribution in [0.4, 0.5) is 0 Å². The number of carbonyl (C=O) groups excluding carboxylic acids is 1. The Hall–Kier alpha value is -3.23. The molecule has 2 aromatic carbocycles. The van der Waals surface area contributed by atoms with Crippen LogP contribution in [0.25, 0.3) is 22.9 Å². The molecule has 33 heavy (non-hydrogen) atoms. The highest BCUT2D eigenvalue weighted by atomic mass is 16.5. The minimum absolute atomic E-state index is 0.0636. The highest BCUT2D eigenvalue weighted by molar-refractivity contribution is 5.77. The van der Waals surface area contributed by atoms with Crippen molar-refractivity contribution < 1.29 is 13.9 Å². The number of para-hydroxylation sites is 1. The van der Waals surface area contributed by atoms with Crippen molar-refractivity contribution in [3.8, 4) is 28.7 Å². The van der Waals surface area contributed by atoms with Gasteiger partial charge in [0.2, 0.25) is 5.89 Å². The first kappa shape index (κ1) is 22.9. The van der Waals surface area contributed by atoms with E-state index in [4.69, 9.17) is 9.15 Å². The monoisotopic (exact) mass is 449 g/mol. The molecule has 1 aromatic heterocycles. The summed E-state index contributed by atoms with van der Waals surface area (Å²) in [5, 5.41) is 11.2. The Morgan fingerprint density at radius 1 is 0.970 bits per heavy atom. The maximum Gasteiger partial charge on any atom is 0.257 e. The second-order valence-corrected chi connectivity index (χ2v) is 8.04. The van der Waals surface area contributed by atoms with Crippen molar-refractivity contribution in [1.82, 2.24) is 25.3 Å². The molecule has 8 heteroatoms. The zero-order chi connectivity index (χ0) is 22.9. The maximum atomic E-state index is 12.3. The first-order chi connectivity index (χ1) is 16.2. The summed E-state index contributed by atoms with van der Waals surface area (Å²) in [6.45, 7) is 9.36. The molecule has 4 rings (SSSR count). The van der Waals surface area contributed by atoms with Crippen LogP contribution in [-0.2, 0) is 4.79 Å². The van der Waals surface area contributed by atoms with Gasteiger partial charge in [0, 0.05) is 38.3 Å². The normalized spacial score (nSPS) is 14.8. The largest absolute Gasteiger partial charge is 0.483 e. The number of amides is 1. The second-order valence-electron chi connectivity index (χ2n) is 8.04. The van der Waals surface area contributed by atoms with Crippen molar-refractivity contribution >= 4 is 5.91 Å². The lowest BCUT2D eigenvalue weighted by molar-refractivity contribution is -0.123. The second kappa shape index (κ2) is 11.6. The molecule has 0 unspecified atom stereocenters. The topological polar surface area (TPSA) is 83.7 Å². The van der Waals surface area contributed by atoms with Crippen molar-refractivity contribution in [3.05, 3.63) is 54.6 Å². The van der Waals surface area contributed by atoms with Gasteiger partial charge in [-0.1, -0.05) is 37.3 Å². The number of ether oxygens (including phenoxy) is 1. The van der Waals surface area contributed by atoms with Gasteiger partial charge in [0.1, 0.15) is 5.75 Å². The zero-order valence-corrected chi connectivity index (χ0v) is 19.1. The molecule has 1 aliphatic rings. The third-order valence-electron chi connectivity index (χ3n) is 5.81. The number of aromatic nitrogens is 2. The van der Waals surface area contributed by atoms with E-state index in [1.54, 1.807) is 6.07 Å². The molecule has 0 aliphatic carbocycles. The Bertz CT molecular complexity index is 1020. The van der Waals surface area contributed by atoms with Gasteiger partial charge in [0.25, 0.3) is 11.8 Å². The van der Waals surface area contributed by atoms with Crippen molar-refractivity contribution in [2.75, 3.05) is 52.4 Å². The van der Waals surface area contributed by atoms with Gasteiger partial charge in [-0.05, 0) is 43.8 Å². The first-order valence-corrected chi connectivity index (χ1v) is 11.6. The van der Waals surface area contributed by atoms with Crippen LogP contribution in [0.15, 0.2) is 59.0 Å². The molecule has 0 spiro atoms. The number of benzene rings is 2. The molecule has 0 radical (unpaired) electrons. The summed E-state index contributed by atoms with van der Waals surface area (Å²) in [6.07, 6.45) is 0.929. The van der Waals surface area contributed by atoms with E-state index in [0.29, 0.717) is 29.6 Å². The number of hydrogen-bond acceptors (Lipinski definition) is 7. The highest BCUT2D eigenvalue weighted by Gasteiger charge is 2.16. The smallest absolute Gasteiger partial charge is 0.257 e. The number of nitrogens with one attached hydrogen (secondary N) is 1. The van der Waals surface area contributed by atoms with Gasteiger partial charge < -0.3 is 24.3 Å². The summed E-state index contributed by atoms with van der Waals surface area (Å²) in [6, 6.07) is 17.0. The van der Waals surface area contributed by atoms with Crippen LogP contribution in [0.5, 0.6) is 5.75 Å². The Balaban J connectivity index is 1.24. The Morgan fingerprint density at radius 3 is 2.45 bits per heavy atom. The Kier molecular flexibility index (Phi) is 8.05. The predicted octanol–water partition coefficient (Wildman–Crippen LogP) is 2.93. The lowest BCUT2D eigenvalue weighted by atomic mass is 10.2. The highest BCUT2D eigenvalue weighted by Crippen LogP contribution is 2.30. The molecule has 1 amide bonds. The molecule has 1 N–H and O–H groups in total. The number of likely N-dealkylation sites (N-methyl/N-ethyl adjacent to an activating group) is 1. The molecule has 174 valence electrons. The summed E-state index contributed by atoms with van der Waals surface area (Å²) in [5.41, 5.74) is 1.51. The molecule has 0 bridgehead atoms. The van der Waals surface area contributed by atoms with Gasteiger partial charge in [-0.15, -0.1) is 10.2 Å². The van der Waals surface area contributed by atoms with Gasteiger partial charge in [0.15, 0.2) is 6.61 Å². The molecule has 2 heterocycles. The van der Waals surface area contributed by atoms with Crippen LogP contribution >= 0.6 is 0 Å². The molecule has 1 aliphatic heterocycles. The SMILES string of the molecule is CCN1CCN(CCCNC(=O)COc2ccccc2-c2nnc(-c3ccccc3)o2)CC1. The van der Waals surface area contributed by atoms with Crippen molar-refractivity contribution in [2.45, 2.75) is 13.3 Å². The first-order valence-electron chi connectivity index (χ1n) is 11.6. The van der Waals surface area contributed by atoms with E-state index >= 15 is 0 Å². The fourth-order valence-electron chi connectivity index (χ4n) is 3.85. The third kappa shape index (κ3) is 6.40. The van der Waals surface area contributed by atoms with Gasteiger partial charge in [-0.2, -0.15) is 0 Å². The van der Waals surface area contributed by atoms with Crippen molar-refractivity contribution in [2.24, 2.45) is 0 Å². The van der Waals surface area contributed by atoms with Gasteiger partial charge in [-0.3, -0.25) is 4.79 Å². The van der Waals surface area contributed by atoms with Gasteiger partial charge in [0.05, 0.1) is 5.56 Å². The van der Waals surface area contributed by atoms with Crippen LogP contribution < -0.4 is 10.1 Å². The van der Waals surface area contributed by atoms with Crippen LogP contribution in [0, 0.1) is 0 Å². The summed E-state index contributed by atoms with van der Waals surface area (Å²) in [4.78, 5) is 17.2. The minimum Gasteiger partial charge on any atom is -0.483 e. The average Bonchev–Trinajstić information content (AvgIpc) is 3.37. The van der Waals surface area contributed by atoms with E-state index in [9.17, 15) is 4.79 Å². The van der Waals surface area contributed by atoms with Crippen LogP contribution in [0.1, 0.15) is 13.3 Å². The number of piperazine rings is 1. The number of nitrogens with zero attached hydrogens (tertiary/aromatic N) is 4. The molecule has 0 saturated carbocycles. The van der Waals surface area contributed by atoms with Crippen LogP contribution in [0.3, 0.4) is 0 Å². The molecule has 3 aromatic rings. The Labute approximate surface area is 194 Å². The van der Waals surface area contributed by atoms with Crippen LogP contribution in [0.2, 0.25) is 0 Å². The fraction of sp³-hybridized carbons (Fsp3) is 0.400. The van der Waals surface area contributed by atoms with E-state index in [0.717, 1.165) is 51.3 Å². The van der Waals surface area contributed by atoms with Gasteiger partial charge in [-0.25, -0.2) is 0 Å². The van der Waals surface area contributed by atoms with E-state index < -0.39 is 0 Å². The fourth-order valence-corrected chi connectivity index (χ4v) is 3.85. The number of rotatable bonds is 10. The zero-order valence-electron chi connectivity index (χ0n) is 19.1. The summed E-state index contributed by atoms with van der Waals surface area (Å²) in [5.74, 6) is 1.18. The van der Waals surface area contributed by atoms with Gasteiger partial charge >= 0.3 is 0 Å². The lowest BCUT2D eigenvalue weighted by Crippen LogP contribution is -2.46. The van der Waals surface area contributed by atoms with Crippen LogP contribution in [-0.4, -0.2) is 78.3 Å². The lowest BCUT2D eigenvalue weighted by Gasteiger charge is -2.33. The maximum absolute atomic E-state index is 12.3. The average molecular weight is 450 g/mol. The molecule has 0 atom stereocenters. The minimum atomic E-state index is -0.142. The predicted molar refractivity (Wildman–Crippen MR) is 127 cm³/mol. The van der Waals surface area contributed by atoms with E-state index in [2.05, 4.69) is 32.2 Å². The summed E-state index contributed by atoms with van der Waals surface area (Å²) >= 11 is 0. The van der Waals surface area contributed by atoms with Crippen molar-refractivity contribution in [1.29, 1.82) is 0 Å². The van der Waals surface area contributed by atoms with E-state index in [1.807, 2.05) is 48.5 Å². The molecule has 1 fully saturated rings. The molecular weight excluding hydrogens is 418 g/mol. The molecule has 1 saturated heterocycles. The quantitative estimate of drug-likeness (QED) is 0.477. The van der Waals surface area contributed by atoms with E-state index in [1.165, 1.54) is 0 Å². The summed E-state index contributed by atoms with van der Waals surface area (Å²) < 4.78 is 11.6. The molecule has 8 nitrogen and oxygen atoms in total. The standard InChI is InChI=1S/C25H31N5O3/c1-2-29-15-17-30(18-16-29)14-8-13-26-23(31)19-32-22-12-7-6-11-21(22)25-28-27-24(33-25)20-9-4-3-5-10-20/h3-7,9-12H,2,8,13-19H2,1H3,(H,26,31). The number of hydrogen-bond donors (Lipinski definition) is 1. The number of carbonyl (C=O) groups is 1. The molecular formula is C25H31N5O3. The van der Waals surface area contributed by atoms with E-state index in [-0.39, 0.29) is 12.5 Å².